The van der Waals surface area contributed by atoms with Crippen LogP contribution in [0.25, 0.3) is 0 Å². The van der Waals surface area contributed by atoms with Crippen molar-refractivity contribution in [1.82, 2.24) is 10.0 Å². The second kappa shape index (κ2) is 6.03. The van der Waals surface area contributed by atoms with Crippen LogP contribution in [0.5, 0.6) is 0 Å². The zero-order valence-corrected chi connectivity index (χ0v) is 12.4. The number of nitrogens with one attached hydrogen (secondary N) is 2. The van der Waals surface area contributed by atoms with Gasteiger partial charge in [0.25, 0.3) is 0 Å². The highest BCUT2D eigenvalue weighted by atomic mass is 32.2. The SMILES string of the molecule is Cc1ccc(S(=O)(=O)NCC2CCCNC2)c(C)c1. The highest BCUT2D eigenvalue weighted by Crippen LogP contribution is 2.17. The summed E-state index contributed by atoms with van der Waals surface area (Å²) in [6.45, 7) is 6.26. The number of sulfonamides is 1. The molecule has 1 unspecified atom stereocenters. The van der Waals surface area contributed by atoms with Crippen LogP contribution in [0, 0.1) is 19.8 Å². The average molecular weight is 282 g/mol. The van der Waals surface area contributed by atoms with Crippen molar-refractivity contribution in [2.75, 3.05) is 19.6 Å². The summed E-state index contributed by atoms with van der Waals surface area (Å²) in [5.74, 6) is 0.397. The quantitative estimate of drug-likeness (QED) is 0.881. The van der Waals surface area contributed by atoms with Crippen molar-refractivity contribution in [2.45, 2.75) is 31.6 Å². The Hall–Kier alpha value is -0.910. The molecule has 0 spiro atoms. The van der Waals surface area contributed by atoms with Crippen molar-refractivity contribution >= 4 is 10.0 Å². The molecule has 1 aliphatic heterocycles. The van der Waals surface area contributed by atoms with Crippen molar-refractivity contribution in [3.05, 3.63) is 29.3 Å². The van der Waals surface area contributed by atoms with E-state index in [9.17, 15) is 8.42 Å². The first kappa shape index (κ1) is 14.5. The van der Waals surface area contributed by atoms with Crippen LogP contribution in [-0.2, 0) is 10.0 Å². The van der Waals surface area contributed by atoms with Crippen LogP contribution in [0.3, 0.4) is 0 Å². The number of benzene rings is 1. The Bertz CT molecular complexity index is 534. The van der Waals surface area contributed by atoms with Gasteiger partial charge in [-0.15, -0.1) is 0 Å². The van der Waals surface area contributed by atoms with Gasteiger partial charge in [0, 0.05) is 6.54 Å². The van der Waals surface area contributed by atoms with E-state index in [1.165, 1.54) is 0 Å². The Morgan fingerprint density at radius 2 is 2.16 bits per heavy atom. The molecule has 0 bridgehead atoms. The maximum Gasteiger partial charge on any atom is 0.240 e. The van der Waals surface area contributed by atoms with Gasteiger partial charge >= 0.3 is 0 Å². The van der Waals surface area contributed by atoms with Crippen molar-refractivity contribution in [2.24, 2.45) is 5.92 Å². The number of hydrogen-bond donors (Lipinski definition) is 2. The molecule has 1 aromatic rings. The second-order valence-electron chi connectivity index (χ2n) is 5.33. The summed E-state index contributed by atoms with van der Waals surface area (Å²) in [5, 5.41) is 3.29. The van der Waals surface area contributed by atoms with Crippen molar-refractivity contribution in [3.8, 4) is 0 Å². The van der Waals surface area contributed by atoms with Gasteiger partial charge < -0.3 is 5.32 Å². The molecule has 2 N–H and O–H groups in total. The lowest BCUT2D eigenvalue weighted by Crippen LogP contribution is -2.38. The maximum absolute atomic E-state index is 12.3. The highest BCUT2D eigenvalue weighted by Gasteiger charge is 2.19. The Labute approximate surface area is 115 Å². The van der Waals surface area contributed by atoms with Crippen LogP contribution in [0.1, 0.15) is 24.0 Å². The van der Waals surface area contributed by atoms with Gasteiger partial charge in [-0.25, -0.2) is 13.1 Å². The highest BCUT2D eigenvalue weighted by molar-refractivity contribution is 7.89. The van der Waals surface area contributed by atoms with Crippen molar-refractivity contribution in [1.29, 1.82) is 0 Å². The van der Waals surface area contributed by atoms with E-state index in [4.69, 9.17) is 0 Å². The molecule has 0 aliphatic carbocycles. The summed E-state index contributed by atoms with van der Waals surface area (Å²) in [5.41, 5.74) is 1.88. The fourth-order valence-corrected chi connectivity index (χ4v) is 3.84. The fraction of sp³-hybridized carbons (Fsp3) is 0.571. The first-order valence-electron chi connectivity index (χ1n) is 6.77. The lowest BCUT2D eigenvalue weighted by atomic mass is 10.0. The van der Waals surface area contributed by atoms with Crippen LogP contribution in [0.15, 0.2) is 23.1 Å². The first-order valence-corrected chi connectivity index (χ1v) is 8.25. The number of aryl methyl sites for hydroxylation is 2. The van der Waals surface area contributed by atoms with Gasteiger partial charge in [-0.2, -0.15) is 0 Å². The van der Waals surface area contributed by atoms with E-state index in [1.54, 1.807) is 6.07 Å². The molecule has 1 atom stereocenters. The zero-order chi connectivity index (χ0) is 13.9. The molecule has 0 saturated carbocycles. The zero-order valence-electron chi connectivity index (χ0n) is 11.6. The van der Waals surface area contributed by atoms with Gasteiger partial charge in [0.05, 0.1) is 4.90 Å². The summed E-state index contributed by atoms with van der Waals surface area (Å²) >= 11 is 0. The van der Waals surface area contributed by atoms with Crippen LogP contribution in [-0.4, -0.2) is 28.1 Å². The van der Waals surface area contributed by atoms with Crippen LogP contribution in [0.4, 0.5) is 0 Å². The summed E-state index contributed by atoms with van der Waals surface area (Å²) in [6.07, 6.45) is 2.21. The maximum atomic E-state index is 12.3. The largest absolute Gasteiger partial charge is 0.316 e. The topological polar surface area (TPSA) is 58.2 Å². The van der Waals surface area contributed by atoms with Gasteiger partial charge in [-0.1, -0.05) is 17.7 Å². The van der Waals surface area contributed by atoms with Gasteiger partial charge in [-0.05, 0) is 57.3 Å². The number of piperidine rings is 1. The standard InChI is InChI=1S/C14H22N2O2S/c1-11-5-6-14(12(2)8-11)19(17,18)16-10-13-4-3-7-15-9-13/h5-6,8,13,15-16H,3-4,7,9-10H2,1-2H3. The lowest BCUT2D eigenvalue weighted by molar-refractivity contribution is 0.376. The minimum Gasteiger partial charge on any atom is -0.316 e. The van der Waals surface area contributed by atoms with E-state index in [1.807, 2.05) is 26.0 Å². The van der Waals surface area contributed by atoms with Crippen LogP contribution < -0.4 is 10.0 Å². The van der Waals surface area contributed by atoms with Gasteiger partial charge in [0.1, 0.15) is 0 Å². The van der Waals surface area contributed by atoms with E-state index in [2.05, 4.69) is 10.0 Å². The van der Waals surface area contributed by atoms with Crippen LogP contribution in [0.2, 0.25) is 0 Å². The van der Waals surface area contributed by atoms with E-state index in [0.717, 1.165) is 37.1 Å². The molecule has 4 nitrogen and oxygen atoms in total. The molecule has 0 radical (unpaired) electrons. The molecule has 1 saturated heterocycles. The monoisotopic (exact) mass is 282 g/mol. The molecular weight excluding hydrogens is 260 g/mol. The normalized spacial score (nSPS) is 20.4. The molecule has 2 rings (SSSR count). The van der Waals surface area contributed by atoms with Gasteiger partial charge in [-0.3, -0.25) is 0 Å². The third-order valence-electron chi connectivity index (χ3n) is 3.58. The minimum atomic E-state index is -3.38. The average Bonchev–Trinajstić information content (AvgIpc) is 2.37. The summed E-state index contributed by atoms with van der Waals surface area (Å²) in [6, 6.07) is 5.42. The van der Waals surface area contributed by atoms with E-state index in [0.29, 0.717) is 17.4 Å². The number of hydrogen-bond acceptors (Lipinski definition) is 3. The predicted octanol–water partition coefficient (Wildman–Crippen LogP) is 1.58. The first-order chi connectivity index (χ1) is 8.99. The molecular formula is C14H22N2O2S. The molecule has 106 valence electrons. The smallest absolute Gasteiger partial charge is 0.240 e. The Balaban J connectivity index is 2.05. The van der Waals surface area contributed by atoms with Crippen molar-refractivity contribution < 1.29 is 8.42 Å². The molecule has 1 aliphatic rings. The number of rotatable bonds is 4. The molecule has 0 aromatic heterocycles. The lowest BCUT2D eigenvalue weighted by Gasteiger charge is -2.23. The van der Waals surface area contributed by atoms with Gasteiger partial charge in [0.2, 0.25) is 10.0 Å². The Morgan fingerprint density at radius 3 is 2.79 bits per heavy atom. The summed E-state index contributed by atoms with van der Waals surface area (Å²) < 4.78 is 27.3. The van der Waals surface area contributed by atoms with Crippen LogP contribution >= 0.6 is 0 Å². The molecule has 0 amide bonds. The third kappa shape index (κ3) is 3.78. The minimum absolute atomic E-state index is 0.391. The Kier molecular flexibility index (Phi) is 4.60. The summed E-state index contributed by atoms with van der Waals surface area (Å²) in [4.78, 5) is 0.391. The molecule has 5 heteroatoms. The molecule has 19 heavy (non-hydrogen) atoms. The molecule has 1 heterocycles. The Morgan fingerprint density at radius 1 is 1.37 bits per heavy atom. The van der Waals surface area contributed by atoms with Crippen molar-refractivity contribution in [3.63, 3.8) is 0 Å². The van der Waals surface area contributed by atoms with E-state index >= 15 is 0 Å². The van der Waals surface area contributed by atoms with E-state index < -0.39 is 10.0 Å². The van der Waals surface area contributed by atoms with E-state index in [-0.39, 0.29) is 0 Å². The second-order valence-corrected chi connectivity index (χ2v) is 7.07. The molecule has 1 aromatic carbocycles. The molecule has 1 fully saturated rings. The predicted molar refractivity (Wildman–Crippen MR) is 76.7 cm³/mol. The summed E-state index contributed by atoms with van der Waals surface area (Å²) in [7, 11) is -3.38. The third-order valence-corrected chi connectivity index (χ3v) is 5.16. The fourth-order valence-electron chi connectivity index (χ4n) is 2.50. The van der Waals surface area contributed by atoms with Gasteiger partial charge in [0.15, 0.2) is 0 Å².